The van der Waals surface area contributed by atoms with Crippen LogP contribution in [0.1, 0.15) is 24.5 Å². The molecule has 3 aromatic rings. The Morgan fingerprint density at radius 3 is 2.24 bits per heavy atom. The summed E-state index contributed by atoms with van der Waals surface area (Å²) in [6, 6.07) is 16.6. The minimum absolute atomic E-state index is 0.504. The first-order valence-corrected chi connectivity index (χ1v) is 7.79. The predicted molar refractivity (Wildman–Crippen MR) is 96.1 cm³/mol. The van der Waals surface area contributed by atoms with E-state index >= 15 is 0 Å². The lowest BCUT2D eigenvalue weighted by molar-refractivity contribution is 0.922. The van der Waals surface area contributed by atoms with Crippen LogP contribution in [0.2, 0.25) is 0 Å². The second-order valence-electron chi connectivity index (χ2n) is 5.18. The maximum atomic E-state index is 10.0. The normalized spacial score (nSPS) is 9.44. The van der Waals surface area contributed by atoms with E-state index in [4.69, 9.17) is 5.26 Å². The summed E-state index contributed by atoms with van der Waals surface area (Å²) in [5, 5.41) is 18.7. The summed E-state index contributed by atoms with van der Waals surface area (Å²) in [5.41, 5.74) is 6.30. The van der Waals surface area contributed by atoms with Crippen LogP contribution in [0.4, 0.5) is 11.4 Å². The van der Waals surface area contributed by atoms with Crippen molar-refractivity contribution in [1.29, 1.82) is 5.26 Å². The molecule has 0 radical (unpaired) electrons. The SMILES string of the molecule is CCCc1ccc(N=O)cc1.N#Cc1ccc(Nn2cnnc2)cc1. The van der Waals surface area contributed by atoms with E-state index in [0.717, 1.165) is 18.5 Å². The van der Waals surface area contributed by atoms with Crippen LogP contribution in [0.5, 0.6) is 0 Å². The number of nitrogens with zero attached hydrogens (tertiary/aromatic N) is 5. The van der Waals surface area contributed by atoms with Gasteiger partial charge in [-0.2, -0.15) is 5.26 Å². The highest BCUT2D eigenvalue weighted by Crippen LogP contribution is 2.13. The average molecular weight is 334 g/mol. The maximum Gasteiger partial charge on any atom is 0.139 e. The highest BCUT2D eigenvalue weighted by molar-refractivity contribution is 5.46. The Balaban J connectivity index is 0.000000186. The van der Waals surface area contributed by atoms with Gasteiger partial charge in [0.05, 0.1) is 17.3 Å². The third-order valence-electron chi connectivity index (χ3n) is 3.27. The third-order valence-corrected chi connectivity index (χ3v) is 3.27. The number of hydrogen-bond acceptors (Lipinski definition) is 6. The van der Waals surface area contributed by atoms with Gasteiger partial charge in [-0.05, 0) is 53.6 Å². The predicted octanol–water partition coefficient (Wildman–Crippen LogP) is 4.06. The standard InChI is InChI=1S/C9H7N5.C9H11NO/c10-5-8-1-3-9(4-2-8)13-14-6-11-12-7-14;1-2-3-8-4-6-9(10-11)7-5-8/h1-4,6-7,13H;4-7H,2-3H2,1H3. The van der Waals surface area contributed by atoms with Gasteiger partial charge in [0, 0.05) is 0 Å². The van der Waals surface area contributed by atoms with Crippen molar-refractivity contribution in [2.24, 2.45) is 5.18 Å². The number of aryl methyl sites for hydroxylation is 1. The third kappa shape index (κ3) is 5.88. The van der Waals surface area contributed by atoms with Crippen molar-refractivity contribution >= 4 is 11.4 Å². The Bertz CT molecular complexity index is 804. The Labute approximate surface area is 145 Å². The van der Waals surface area contributed by atoms with E-state index in [9.17, 15) is 4.91 Å². The first-order chi connectivity index (χ1) is 12.2. The first kappa shape index (κ1) is 17.8. The quantitative estimate of drug-likeness (QED) is 0.710. The molecule has 0 aliphatic heterocycles. The van der Waals surface area contributed by atoms with E-state index in [1.807, 2.05) is 24.3 Å². The van der Waals surface area contributed by atoms with Gasteiger partial charge < -0.3 is 0 Å². The van der Waals surface area contributed by atoms with E-state index in [1.165, 1.54) is 5.56 Å². The van der Waals surface area contributed by atoms with Gasteiger partial charge in [0.15, 0.2) is 0 Å². The van der Waals surface area contributed by atoms with E-state index in [1.54, 1.807) is 41.6 Å². The van der Waals surface area contributed by atoms with Gasteiger partial charge in [-0.25, -0.2) is 4.68 Å². The van der Waals surface area contributed by atoms with Gasteiger partial charge in [-0.3, -0.25) is 5.43 Å². The number of nitrogens with one attached hydrogen (secondary N) is 1. The minimum atomic E-state index is 0.504. The van der Waals surface area contributed by atoms with Crippen LogP contribution in [-0.2, 0) is 6.42 Å². The molecule has 3 rings (SSSR count). The topological polar surface area (TPSA) is 96.0 Å². The smallest absolute Gasteiger partial charge is 0.139 e. The molecule has 126 valence electrons. The van der Waals surface area contributed by atoms with Crippen molar-refractivity contribution in [2.45, 2.75) is 19.8 Å². The zero-order valence-electron chi connectivity index (χ0n) is 13.8. The van der Waals surface area contributed by atoms with Crippen LogP contribution in [0.3, 0.4) is 0 Å². The minimum Gasteiger partial charge on any atom is -0.292 e. The van der Waals surface area contributed by atoms with Gasteiger partial charge in [0.1, 0.15) is 18.3 Å². The largest absolute Gasteiger partial charge is 0.292 e. The number of hydrogen-bond donors (Lipinski definition) is 1. The summed E-state index contributed by atoms with van der Waals surface area (Å²) in [4.78, 5) is 10.0. The average Bonchev–Trinajstić information content (AvgIpc) is 3.17. The van der Waals surface area contributed by atoms with Crippen molar-refractivity contribution in [1.82, 2.24) is 14.9 Å². The second kappa shape index (κ2) is 9.57. The number of benzene rings is 2. The van der Waals surface area contributed by atoms with Crippen LogP contribution in [0, 0.1) is 16.2 Å². The van der Waals surface area contributed by atoms with Gasteiger partial charge in [-0.15, -0.1) is 15.1 Å². The molecule has 0 bridgehead atoms. The van der Waals surface area contributed by atoms with Gasteiger partial charge in [0.2, 0.25) is 0 Å². The first-order valence-electron chi connectivity index (χ1n) is 7.79. The summed E-state index contributed by atoms with van der Waals surface area (Å²) in [7, 11) is 0. The molecular formula is C18H18N6O. The number of aromatic nitrogens is 3. The number of anilines is 1. The van der Waals surface area contributed by atoms with Gasteiger partial charge >= 0.3 is 0 Å². The fraction of sp³-hybridized carbons (Fsp3) is 0.167. The molecule has 7 heteroatoms. The van der Waals surface area contributed by atoms with Gasteiger partial charge in [0.25, 0.3) is 0 Å². The molecule has 0 amide bonds. The van der Waals surface area contributed by atoms with Crippen molar-refractivity contribution in [3.05, 3.63) is 77.2 Å². The molecule has 2 aromatic carbocycles. The molecule has 0 fully saturated rings. The number of rotatable bonds is 5. The Kier molecular flexibility index (Phi) is 6.82. The summed E-state index contributed by atoms with van der Waals surface area (Å²) in [5.74, 6) is 0. The molecular weight excluding hydrogens is 316 g/mol. The van der Waals surface area contributed by atoms with Gasteiger partial charge in [-0.1, -0.05) is 25.5 Å². The molecule has 0 aliphatic rings. The fourth-order valence-corrected chi connectivity index (χ4v) is 2.04. The van der Waals surface area contributed by atoms with E-state index in [2.05, 4.69) is 33.8 Å². The number of nitroso groups, excluding NO2 is 1. The van der Waals surface area contributed by atoms with E-state index < -0.39 is 0 Å². The fourth-order valence-electron chi connectivity index (χ4n) is 2.04. The van der Waals surface area contributed by atoms with Crippen LogP contribution < -0.4 is 5.43 Å². The van der Waals surface area contributed by atoms with Crippen molar-refractivity contribution in [3.63, 3.8) is 0 Å². The summed E-state index contributed by atoms with van der Waals surface area (Å²) >= 11 is 0. The lowest BCUT2D eigenvalue weighted by atomic mass is 10.1. The monoisotopic (exact) mass is 334 g/mol. The van der Waals surface area contributed by atoms with Crippen LogP contribution in [-0.4, -0.2) is 14.9 Å². The van der Waals surface area contributed by atoms with Crippen molar-refractivity contribution in [2.75, 3.05) is 5.43 Å². The Hall–Kier alpha value is -3.53. The maximum absolute atomic E-state index is 10.0. The van der Waals surface area contributed by atoms with Crippen molar-refractivity contribution < 1.29 is 0 Å². The van der Waals surface area contributed by atoms with E-state index in [0.29, 0.717) is 11.3 Å². The zero-order valence-corrected chi connectivity index (χ0v) is 13.8. The Morgan fingerprint density at radius 1 is 1.08 bits per heavy atom. The molecule has 0 unspecified atom stereocenters. The van der Waals surface area contributed by atoms with Crippen LogP contribution in [0.25, 0.3) is 0 Å². The highest BCUT2D eigenvalue weighted by Gasteiger charge is 1.93. The molecule has 1 heterocycles. The summed E-state index contributed by atoms with van der Waals surface area (Å²) in [6.07, 6.45) is 5.31. The molecule has 0 saturated carbocycles. The molecule has 0 spiro atoms. The second-order valence-corrected chi connectivity index (χ2v) is 5.18. The molecule has 1 aromatic heterocycles. The molecule has 1 N–H and O–H groups in total. The number of nitriles is 1. The lowest BCUT2D eigenvalue weighted by Crippen LogP contribution is -2.05. The summed E-state index contributed by atoms with van der Waals surface area (Å²) in [6.45, 7) is 2.13. The Morgan fingerprint density at radius 2 is 1.72 bits per heavy atom. The molecule has 0 aliphatic carbocycles. The molecule has 7 nitrogen and oxygen atoms in total. The summed E-state index contributed by atoms with van der Waals surface area (Å²) < 4.78 is 1.63. The van der Waals surface area contributed by atoms with E-state index in [-0.39, 0.29) is 0 Å². The zero-order chi connectivity index (χ0) is 17.9. The van der Waals surface area contributed by atoms with Crippen molar-refractivity contribution in [3.8, 4) is 6.07 Å². The molecule has 0 atom stereocenters. The van der Waals surface area contributed by atoms with Crippen LogP contribution >= 0.6 is 0 Å². The highest BCUT2D eigenvalue weighted by atomic mass is 16.3. The van der Waals surface area contributed by atoms with Crippen LogP contribution in [0.15, 0.2) is 66.4 Å². The molecule has 25 heavy (non-hydrogen) atoms. The lowest BCUT2D eigenvalue weighted by Gasteiger charge is -2.04. The molecule has 0 saturated heterocycles.